The summed E-state index contributed by atoms with van der Waals surface area (Å²) in [6.45, 7) is 0. The molecule has 1 aromatic rings. The monoisotopic (exact) mass is 265 g/mol. The van der Waals surface area contributed by atoms with E-state index in [0.29, 0.717) is 17.7 Å². The zero-order valence-corrected chi connectivity index (χ0v) is 10.3. The van der Waals surface area contributed by atoms with Crippen LogP contribution in [0.25, 0.3) is 0 Å². The Morgan fingerprint density at radius 3 is 3.00 bits per heavy atom. The summed E-state index contributed by atoms with van der Waals surface area (Å²) < 4.78 is 4.58. The molecule has 1 unspecified atom stereocenters. The summed E-state index contributed by atoms with van der Waals surface area (Å²) in [4.78, 5) is 20.6. The predicted octanol–water partition coefficient (Wildman–Crippen LogP) is 1.05. The van der Waals surface area contributed by atoms with Crippen LogP contribution in [0.15, 0.2) is 11.2 Å². The summed E-state index contributed by atoms with van der Waals surface area (Å²) in [7, 11) is 6.74. The summed E-state index contributed by atoms with van der Waals surface area (Å²) in [6.07, 6.45) is -0.0812. The Balaban J connectivity index is 2.38. The molecule has 0 aromatic carbocycles. The van der Waals surface area contributed by atoms with Gasteiger partial charge in [0.25, 0.3) is 0 Å². The van der Waals surface area contributed by atoms with Crippen molar-refractivity contribution in [1.29, 1.82) is 0 Å². The average Bonchev–Trinajstić information content (AvgIpc) is 2.78. The van der Waals surface area contributed by atoms with Gasteiger partial charge in [-0.1, -0.05) is 11.6 Å². The number of pyridine rings is 1. The highest BCUT2D eigenvalue weighted by Crippen LogP contribution is 2.30. The van der Waals surface area contributed by atoms with Gasteiger partial charge in [-0.2, -0.15) is 0 Å². The zero-order chi connectivity index (χ0) is 13.3. The molecule has 0 fully saturated rings. The topological polar surface area (TPSA) is 86.8 Å². The van der Waals surface area contributed by atoms with E-state index < -0.39 is 12.1 Å². The van der Waals surface area contributed by atoms with Gasteiger partial charge in [0.15, 0.2) is 11.8 Å². The first-order chi connectivity index (χ1) is 8.52. The summed E-state index contributed by atoms with van der Waals surface area (Å²) >= 11 is 5.89. The molecule has 1 aliphatic rings. The third-order valence-electron chi connectivity index (χ3n) is 2.41. The quantitative estimate of drug-likeness (QED) is 0.638. The number of hydrogen-bond donors (Lipinski definition) is 1. The molecule has 0 aliphatic carbocycles. The van der Waals surface area contributed by atoms with E-state index in [-0.39, 0.29) is 16.4 Å². The van der Waals surface area contributed by atoms with Crippen LogP contribution < -0.4 is 5.73 Å². The average molecular weight is 265 g/mol. The van der Waals surface area contributed by atoms with E-state index >= 15 is 0 Å². The van der Waals surface area contributed by atoms with Crippen molar-refractivity contribution in [2.45, 2.75) is 12.5 Å². The highest BCUT2D eigenvalue weighted by Gasteiger charge is 2.25. The van der Waals surface area contributed by atoms with Gasteiger partial charge < -0.3 is 15.3 Å². The van der Waals surface area contributed by atoms with Gasteiger partial charge in [0.05, 0.1) is 23.5 Å². The van der Waals surface area contributed by atoms with Crippen molar-refractivity contribution in [2.75, 3.05) is 12.8 Å². The molecule has 0 spiro atoms. The summed E-state index contributed by atoms with van der Waals surface area (Å²) in [5, 5.41) is 3.66. The van der Waals surface area contributed by atoms with Crippen LogP contribution in [0.5, 0.6) is 0 Å². The van der Waals surface area contributed by atoms with Gasteiger partial charge in [0.1, 0.15) is 7.85 Å². The minimum atomic E-state index is -0.666. The van der Waals surface area contributed by atoms with Crippen LogP contribution in [0, 0.1) is 0 Å². The number of methoxy groups -OCH3 is 1. The van der Waals surface area contributed by atoms with E-state index in [2.05, 4.69) is 14.9 Å². The van der Waals surface area contributed by atoms with Crippen molar-refractivity contribution in [3.63, 3.8) is 0 Å². The lowest BCUT2D eigenvalue weighted by molar-refractivity contribution is 0.0589. The number of oxime groups is 1. The van der Waals surface area contributed by atoms with Gasteiger partial charge in [-0.25, -0.2) is 9.78 Å². The van der Waals surface area contributed by atoms with Gasteiger partial charge in [0.2, 0.25) is 0 Å². The van der Waals surface area contributed by atoms with Crippen LogP contribution in [0.2, 0.25) is 5.02 Å². The second kappa shape index (κ2) is 4.85. The van der Waals surface area contributed by atoms with Gasteiger partial charge in [-0.15, -0.1) is 5.16 Å². The molecule has 2 radical (unpaired) electrons. The Morgan fingerprint density at radius 1 is 1.72 bits per heavy atom. The maximum Gasteiger partial charge on any atom is 0.358 e. The number of rotatable bonds is 2. The lowest BCUT2D eigenvalue weighted by Gasteiger charge is -2.11. The van der Waals surface area contributed by atoms with Crippen molar-refractivity contribution in [3.05, 3.63) is 22.5 Å². The molecule has 2 N–H and O–H groups in total. The number of nitrogens with two attached hydrogens (primary N) is 1. The molecule has 0 bridgehead atoms. The van der Waals surface area contributed by atoms with E-state index in [1.807, 2.05) is 0 Å². The van der Waals surface area contributed by atoms with Crippen LogP contribution in [-0.2, 0) is 9.57 Å². The molecular formula is C10H9BClN3O3. The van der Waals surface area contributed by atoms with Gasteiger partial charge in [-0.05, 0) is 6.07 Å². The molecule has 0 amide bonds. The minimum absolute atomic E-state index is 0.0526. The van der Waals surface area contributed by atoms with Crippen LogP contribution >= 0.6 is 11.6 Å². The molecule has 6 nitrogen and oxygen atoms in total. The van der Waals surface area contributed by atoms with Crippen LogP contribution in [-0.4, -0.2) is 31.5 Å². The van der Waals surface area contributed by atoms with Gasteiger partial charge in [-0.3, -0.25) is 0 Å². The first-order valence-electron chi connectivity index (χ1n) is 5.05. The fraction of sp³-hybridized carbons (Fsp3) is 0.300. The molecule has 2 rings (SSSR count). The summed E-state index contributed by atoms with van der Waals surface area (Å²) in [5.74, 6) is -0.666. The number of aromatic nitrogens is 1. The van der Waals surface area contributed by atoms with E-state index in [1.165, 1.54) is 13.2 Å². The number of nitrogens with zero attached hydrogens (tertiary/aromatic N) is 2. The van der Waals surface area contributed by atoms with E-state index in [4.69, 9.17) is 30.0 Å². The number of carbonyl (C=O) groups excluding carboxylic acids is 1. The van der Waals surface area contributed by atoms with Gasteiger partial charge >= 0.3 is 5.97 Å². The smallest absolute Gasteiger partial charge is 0.358 e. The normalized spacial score (nSPS) is 18.1. The Kier molecular flexibility index (Phi) is 3.42. The molecule has 92 valence electrons. The number of esters is 1. The molecular weight excluding hydrogens is 256 g/mol. The molecule has 18 heavy (non-hydrogen) atoms. The molecule has 8 heteroatoms. The van der Waals surface area contributed by atoms with Crippen molar-refractivity contribution in [3.8, 4) is 0 Å². The second-order valence-electron chi connectivity index (χ2n) is 3.67. The number of hydrogen-bond acceptors (Lipinski definition) is 6. The van der Waals surface area contributed by atoms with Gasteiger partial charge in [0, 0.05) is 12.0 Å². The lowest BCUT2D eigenvalue weighted by Crippen LogP contribution is -2.11. The largest absolute Gasteiger partial charge is 0.464 e. The fourth-order valence-electron chi connectivity index (χ4n) is 1.52. The molecule has 0 saturated heterocycles. The van der Waals surface area contributed by atoms with Crippen LogP contribution in [0.3, 0.4) is 0 Å². The molecule has 2 heterocycles. The van der Waals surface area contributed by atoms with Crippen LogP contribution in [0.4, 0.5) is 5.69 Å². The third-order valence-corrected chi connectivity index (χ3v) is 2.80. The molecule has 0 saturated carbocycles. The Morgan fingerprint density at radius 2 is 2.44 bits per heavy atom. The predicted molar refractivity (Wildman–Crippen MR) is 66.6 cm³/mol. The number of ether oxygens (including phenoxy) is 1. The van der Waals surface area contributed by atoms with Crippen molar-refractivity contribution < 1.29 is 14.4 Å². The lowest BCUT2D eigenvalue weighted by atomic mass is 9.95. The van der Waals surface area contributed by atoms with E-state index in [9.17, 15) is 4.79 Å². The maximum atomic E-state index is 11.5. The fourth-order valence-corrected chi connectivity index (χ4v) is 1.70. The van der Waals surface area contributed by atoms with E-state index in [1.54, 1.807) is 0 Å². The van der Waals surface area contributed by atoms with Crippen molar-refractivity contribution in [1.82, 2.24) is 4.98 Å². The minimum Gasteiger partial charge on any atom is -0.464 e. The standard InChI is InChI=1S/C10H9BClN3O3/c1-17-10(16)9-8(12)4(13)2-5(14-9)6-3-7(11)15-18-6/h2,6H,3H2,1H3,(H2,13,14). The number of carbonyl (C=O) groups is 1. The summed E-state index contributed by atoms with van der Waals surface area (Å²) in [6, 6.07) is 1.52. The Labute approximate surface area is 110 Å². The number of anilines is 1. The highest BCUT2D eigenvalue weighted by molar-refractivity contribution is 6.59. The highest BCUT2D eigenvalue weighted by atomic mass is 35.5. The molecule has 1 atom stereocenters. The number of nitrogen functional groups attached to an aromatic ring is 1. The molecule has 1 aliphatic heterocycles. The van der Waals surface area contributed by atoms with Crippen LogP contribution in [0.1, 0.15) is 28.7 Å². The SMILES string of the molecule is [B]C1=NOC(c2cc(N)c(Cl)c(C(=O)OC)n2)C1. The van der Waals surface area contributed by atoms with Crippen molar-refractivity contribution in [2.24, 2.45) is 5.16 Å². The first-order valence-corrected chi connectivity index (χ1v) is 5.43. The van der Waals surface area contributed by atoms with Crippen molar-refractivity contribution >= 4 is 36.7 Å². The maximum absolute atomic E-state index is 11.5. The second-order valence-corrected chi connectivity index (χ2v) is 4.05. The van der Waals surface area contributed by atoms with E-state index in [0.717, 1.165) is 0 Å². The zero-order valence-electron chi connectivity index (χ0n) is 9.51. The summed E-state index contributed by atoms with van der Waals surface area (Å²) in [5.41, 5.74) is 6.67. The first kappa shape index (κ1) is 12.7. The Hall–Kier alpha value is -1.76. The number of halogens is 1. The Bertz CT molecular complexity index is 535. The molecule has 1 aromatic heterocycles. The third kappa shape index (κ3) is 2.26.